The van der Waals surface area contributed by atoms with Crippen LogP contribution in [0.5, 0.6) is 0 Å². The van der Waals surface area contributed by atoms with E-state index >= 15 is 0 Å². The van der Waals surface area contributed by atoms with Gasteiger partial charge in [0, 0.05) is 26.2 Å². The van der Waals surface area contributed by atoms with Crippen molar-refractivity contribution in [3.63, 3.8) is 0 Å². The molecule has 1 aromatic rings. The molecule has 1 aromatic carbocycles. The first-order valence-corrected chi connectivity index (χ1v) is 10.7. The monoisotopic (exact) mass is 428 g/mol. The summed E-state index contributed by atoms with van der Waals surface area (Å²) < 4.78 is 6.17. The largest absolute Gasteiger partial charge is 0.481 e. The maximum atomic E-state index is 13.9. The smallest absolute Gasteiger partial charge is 0.310 e. The molecule has 8 heteroatoms. The lowest BCUT2D eigenvalue weighted by Crippen LogP contribution is -2.56. The predicted octanol–water partition coefficient (Wildman–Crippen LogP) is 1.04. The van der Waals surface area contributed by atoms with E-state index in [9.17, 15) is 24.6 Å². The summed E-state index contributed by atoms with van der Waals surface area (Å²) in [6.07, 6.45) is 2.37. The number of carboxylic acid groups (broad SMARTS) is 1. The zero-order valence-electron chi connectivity index (χ0n) is 17.4. The highest BCUT2D eigenvalue weighted by Gasteiger charge is 2.74. The molecular formula is C23H28N2O6. The van der Waals surface area contributed by atoms with Crippen LogP contribution in [0.1, 0.15) is 24.8 Å². The molecule has 3 aliphatic rings. The van der Waals surface area contributed by atoms with E-state index in [2.05, 4.69) is 6.58 Å². The molecule has 0 aliphatic carbocycles. The number of benzene rings is 1. The summed E-state index contributed by atoms with van der Waals surface area (Å²) in [7, 11) is 0. The highest BCUT2D eigenvalue weighted by Crippen LogP contribution is 2.58. The van der Waals surface area contributed by atoms with Crippen LogP contribution in [0.4, 0.5) is 0 Å². The zero-order valence-corrected chi connectivity index (χ0v) is 17.4. The number of nitrogens with zero attached hydrogens (tertiary/aromatic N) is 2. The number of rotatable bonds is 9. The molecule has 2 bridgehead atoms. The number of likely N-dealkylation sites (tertiary alicyclic amines) is 1. The molecule has 3 saturated heterocycles. The van der Waals surface area contributed by atoms with Gasteiger partial charge in [-0.25, -0.2) is 0 Å². The standard InChI is InChI=1S/C23H28N2O6/c1-2-11-24(14-15-7-4-3-5-8-15)21(28)19-23-10-9-16(31-23)17(22(29)30)18(23)20(27)25(19)12-6-13-26/h2-5,7-8,16-19,26H,1,6,9-14H2,(H,29,30)/t16-,17+,18+,19-,23+/m1/s1. The van der Waals surface area contributed by atoms with Crippen LogP contribution in [0.15, 0.2) is 43.0 Å². The molecule has 2 N–H and O–H groups in total. The van der Waals surface area contributed by atoms with Crippen molar-refractivity contribution in [3.05, 3.63) is 48.6 Å². The van der Waals surface area contributed by atoms with Gasteiger partial charge in [0.2, 0.25) is 11.8 Å². The van der Waals surface area contributed by atoms with E-state index in [0.29, 0.717) is 32.4 Å². The summed E-state index contributed by atoms with van der Waals surface area (Å²) in [5.41, 5.74) is -0.189. The summed E-state index contributed by atoms with van der Waals surface area (Å²) in [6, 6.07) is 8.63. The lowest BCUT2D eigenvalue weighted by molar-refractivity contribution is -0.151. The first-order chi connectivity index (χ1) is 14.9. The Morgan fingerprint density at radius 2 is 2.06 bits per heavy atom. The van der Waals surface area contributed by atoms with Gasteiger partial charge in [-0.1, -0.05) is 36.4 Å². The van der Waals surface area contributed by atoms with Crippen molar-refractivity contribution >= 4 is 17.8 Å². The second kappa shape index (κ2) is 8.43. The molecule has 166 valence electrons. The number of hydrogen-bond donors (Lipinski definition) is 2. The lowest BCUT2D eigenvalue weighted by Gasteiger charge is -2.36. The van der Waals surface area contributed by atoms with Gasteiger partial charge >= 0.3 is 5.97 Å². The van der Waals surface area contributed by atoms with Gasteiger partial charge in [0.1, 0.15) is 11.6 Å². The number of carboxylic acids is 1. The van der Waals surface area contributed by atoms with Crippen LogP contribution in [0.2, 0.25) is 0 Å². The molecule has 1 spiro atoms. The summed E-state index contributed by atoms with van der Waals surface area (Å²) >= 11 is 0. The fourth-order valence-electron chi connectivity index (χ4n) is 5.56. The molecular weight excluding hydrogens is 400 g/mol. The SMILES string of the molecule is C=CCN(Cc1ccccc1)C(=O)[C@H]1N(CCCO)C(=O)[C@@H]2[C@@H](C(=O)O)[C@H]3CC[C@]21O3. The molecule has 31 heavy (non-hydrogen) atoms. The molecule has 0 unspecified atom stereocenters. The highest BCUT2D eigenvalue weighted by atomic mass is 16.5. The number of aliphatic hydroxyl groups excluding tert-OH is 1. The Labute approximate surface area is 181 Å². The van der Waals surface area contributed by atoms with Gasteiger partial charge in [0.05, 0.1) is 17.9 Å². The Hall–Kier alpha value is -2.71. The van der Waals surface area contributed by atoms with Crippen LogP contribution in [0, 0.1) is 11.8 Å². The Bertz CT molecular complexity index is 874. The van der Waals surface area contributed by atoms with Gasteiger partial charge in [-0.15, -0.1) is 6.58 Å². The van der Waals surface area contributed by atoms with Gasteiger partial charge in [-0.05, 0) is 24.8 Å². The Balaban J connectivity index is 1.70. The summed E-state index contributed by atoms with van der Waals surface area (Å²) in [5.74, 6) is -3.52. The number of carbonyl (C=O) groups excluding carboxylic acids is 2. The van der Waals surface area contributed by atoms with Crippen molar-refractivity contribution < 1.29 is 29.3 Å². The van der Waals surface area contributed by atoms with Crippen LogP contribution in [0.3, 0.4) is 0 Å². The van der Waals surface area contributed by atoms with E-state index in [1.165, 1.54) is 4.90 Å². The Morgan fingerprint density at radius 1 is 1.32 bits per heavy atom. The predicted molar refractivity (Wildman–Crippen MR) is 111 cm³/mol. The van der Waals surface area contributed by atoms with Crippen LogP contribution in [-0.4, -0.2) is 75.2 Å². The normalized spacial score (nSPS) is 31.0. The van der Waals surface area contributed by atoms with E-state index in [0.717, 1.165) is 5.56 Å². The molecule has 0 saturated carbocycles. The topological polar surface area (TPSA) is 107 Å². The number of fused-ring (bicyclic) bond motifs is 1. The van der Waals surface area contributed by atoms with Crippen molar-refractivity contribution in [2.75, 3.05) is 19.7 Å². The van der Waals surface area contributed by atoms with E-state index in [-0.39, 0.29) is 25.0 Å². The van der Waals surface area contributed by atoms with Crippen LogP contribution >= 0.6 is 0 Å². The third-order valence-electron chi connectivity index (χ3n) is 6.75. The molecule has 3 heterocycles. The first-order valence-electron chi connectivity index (χ1n) is 10.7. The van der Waals surface area contributed by atoms with Crippen LogP contribution in [-0.2, 0) is 25.7 Å². The van der Waals surface area contributed by atoms with Gasteiger partial charge in [-0.3, -0.25) is 14.4 Å². The van der Waals surface area contributed by atoms with E-state index in [4.69, 9.17) is 4.74 Å². The highest BCUT2D eigenvalue weighted by molar-refractivity contribution is 5.98. The zero-order chi connectivity index (χ0) is 22.2. The Kier molecular flexibility index (Phi) is 5.85. The van der Waals surface area contributed by atoms with E-state index in [1.54, 1.807) is 11.0 Å². The molecule has 4 rings (SSSR count). The van der Waals surface area contributed by atoms with Crippen molar-refractivity contribution in [1.82, 2.24) is 9.80 Å². The molecule has 8 nitrogen and oxygen atoms in total. The molecule has 3 aliphatic heterocycles. The van der Waals surface area contributed by atoms with E-state index in [1.807, 2.05) is 30.3 Å². The third-order valence-corrected chi connectivity index (χ3v) is 6.75. The third kappa shape index (κ3) is 3.43. The molecule has 3 fully saturated rings. The minimum atomic E-state index is -1.13. The van der Waals surface area contributed by atoms with Gasteiger partial charge in [-0.2, -0.15) is 0 Å². The van der Waals surface area contributed by atoms with Crippen molar-refractivity contribution in [2.24, 2.45) is 11.8 Å². The minimum absolute atomic E-state index is 0.130. The van der Waals surface area contributed by atoms with E-state index < -0.39 is 35.6 Å². The first kappa shape index (κ1) is 21.5. The number of carbonyl (C=O) groups is 3. The number of hydrogen-bond acceptors (Lipinski definition) is 5. The number of aliphatic hydroxyl groups is 1. The second-order valence-corrected chi connectivity index (χ2v) is 8.50. The lowest BCUT2D eigenvalue weighted by atomic mass is 9.70. The fraction of sp³-hybridized carbons (Fsp3) is 0.522. The Morgan fingerprint density at radius 3 is 2.71 bits per heavy atom. The number of amides is 2. The summed E-state index contributed by atoms with van der Waals surface area (Å²) in [6.45, 7) is 4.45. The second-order valence-electron chi connectivity index (χ2n) is 8.50. The molecule has 0 aromatic heterocycles. The molecule has 0 radical (unpaired) electrons. The van der Waals surface area contributed by atoms with Crippen LogP contribution in [0.25, 0.3) is 0 Å². The summed E-state index contributed by atoms with van der Waals surface area (Å²) in [5, 5.41) is 19.1. The maximum absolute atomic E-state index is 13.9. The quantitative estimate of drug-likeness (QED) is 0.569. The summed E-state index contributed by atoms with van der Waals surface area (Å²) in [4.78, 5) is 42.2. The average molecular weight is 428 g/mol. The molecule has 2 amide bonds. The maximum Gasteiger partial charge on any atom is 0.310 e. The van der Waals surface area contributed by atoms with Gasteiger partial charge in [0.15, 0.2) is 0 Å². The van der Waals surface area contributed by atoms with Gasteiger partial charge < -0.3 is 24.7 Å². The van der Waals surface area contributed by atoms with Crippen molar-refractivity contribution in [1.29, 1.82) is 0 Å². The number of ether oxygens (including phenoxy) is 1. The molecule has 5 atom stereocenters. The van der Waals surface area contributed by atoms with Crippen molar-refractivity contribution in [3.8, 4) is 0 Å². The number of aliphatic carboxylic acids is 1. The van der Waals surface area contributed by atoms with Gasteiger partial charge in [0.25, 0.3) is 0 Å². The van der Waals surface area contributed by atoms with Crippen molar-refractivity contribution in [2.45, 2.75) is 43.6 Å². The average Bonchev–Trinajstić information content (AvgIpc) is 3.39. The minimum Gasteiger partial charge on any atom is -0.481 e. The van der Waals surface area contributed by atoms with Crippen LogP contribution < -0.4 is 0 Å². The fourth-order valence-corrected chi connectivity index (χ4v) is 5.56.